The Bertz CT molecular complexity index is 383. The van der Waals surface area contributed by atoms with Crippen molar-refractivity contribution in [3.05, 3.63) is 28.5 Å². The van der Waals surface area contributed by atoms with Gasteiger partial charge < -0.3 is 5.73 Å². The predicted octanol–water partition coefficient (Wildman–Crippen LogP) is 3.61. The lowest BCUT2D eigenvalue weighted by Gasteiger charge is -2.46. The van der Waals surface area contributed by atoms with Crippen LogP contribution in [0, 0.1) is 0 Å². The predicted molar refractivity (Wildman–Crippen MR) is 89.9 cm³/mol. The average Bonchev–Trinajstić information content (AvgIpc) is 2.47. The van der Waals surface area contributed by atoms with Gasteiger partial charge in [0.1, 0.15) is 0 Å². The van der Waals surface area contributed by atoms with Gasteiger partial charge in [-0.25, -0.2) is 0 Å². The fourth-order valence-electron chi connectivity index (χ4n) is 3.25. The minimum Gasteiger partial charge on any atom is -0.326 e. The van der Waals surface area contributed by atoms with Gasteiger partial charge in [0.2, 0.25) is 0 Å². The maximum atomic E-state index is 6.60. The molecule has 1 aromatic rings. The summed E-state index contributed by atoms with van der Waals surface area (Å²) in [6.45, 7) is 11.0. The molecule has 4 heteroatoms. The van der Waals surface area contributed by atoms with Crippen molar-refractivity contribution in [2.24, 2.45) is 5.73 Å². The second-order valence-corrected chi connectivity index (χ2v) is 6.18. The SMILES string of the molecule is CCN(CC)C(CC)(CC)C(N)Cc1ccc(Br)cn1. The molecule has 1 rings (SSSR count). The number of nitrogens with zero attached hydrogens (tertiary/aromatic N) is 2. The monoisotopic (exact) mass is 341 g/mol. The maximum Gasteiger partial charge on any atom is 0.0420 e. The van der Waals surface area contributed by atoms with Crippen LogP contribution in [0.2, 0.25) is 0 Å². The molecule has 1 aromatic heterocycles. The lowest BCUT2D eigenvalue weighted by Crippen LogP contribution is -2.60. The van der Waals surface area contributed by atoms with Crippen LogP contribution in [0.4, 0.5) is 0 Å². The second kappa shape index (κ2) is 8.11. The second-order valence-electron chi connectivity index (χ2n) is 5.26. The van der Waals surface area contributed by atoms with E-state index in [2.05, 4.69) is 59.6 Å². The van der Waals surface area contributed by atoms with Crippen LogP contribution in [0.25, 0.3) is 0 Å². The summed E-state index contributed by atoms with van der Waals surface area (Å²) in [5.41, 5.74) is 7.74. The van der Waals surface area contributed by atoms with E-state index in [1.165, 1.54) is 0 Å². The van der Waals surface area contributed by atoms with Crippen LogP contribution in [0.5, 0.6) is 0 Å². The number of pyridine rings is 1. The zero-order valence-electron chi connectivity index (χ0n) is 13.2. The summed E-state index contributed by atoms with van der Waals surface area (Å²) < 4.78 is 1.01. The molecule has 0 radical (unpaired) electrons. The van der Waals surface area contributed by atoms with E-state index in [0.29, 0.717) is 0 Å². The van der Waals surface area contributed by atoms with E-state index < -0.39 is 0 Å². The Morgan fingerprint density at radius 3 is 2.20 bits per heavy atom. The minimum atomic E-state index is 0.0677. The van der Waals surface area contributed by atoms with Gasteiger partial charge in [-0.1, -0.05) is 27.7 Å². The first kappa shape index (κ1) is 17.6. The first-order valence-corrected chi connectivity index (χ1v) is 8.44. The van der Waals surface area contributed by atoms with Crippen LogP contribution in [0.1, 0.15) is 46.2 Å². The smallest absolute Gasteiger partial charge is 0.0420 e. The largest absolute Gasteiger partial charge is 0.326 e. The summed E-state index contributed by atoms with van der Waals surface area (Å²) >= 11 is 3.42. The number of hydrogen-bond donors (Lipinski definition) is 1. The molecule has 0 aromatic carbocycles. The van der Waals surface area contributed by atoms with E-state index in [-0.39, 0.29) is 11.6 Å². The summed E-state index contributed by atoms with van der Waals surface area (Å²) in [5, 5.41) is 0. The highest BCUT2D eigenvalue weighted by Crippen LogP contribution is 2.28. The molecule has 3 nitrogen and oxygen atoms in total. The lowest BCUT2D eigenvalue weighted by molar-refractivity contribution is 0.0625. The highest BCUT2D eigenvalue weighted by atomic mass is 79.9. The van der Waals surface area contributed by atoms with Crippen molar-refractivity contribution >= 4 is 15.9 Å². The van der Waals surface area contributed by atoms with Gasteiger partial charge in [0, 0.05) is 34.4 Å². The zero-order chi connectivity index (χ0) is 15.2. The Hall–Kier alpha value is -0.450. The molecule has 0 bridgehead atoms. The van der Waals surface area contributed by atoms with E-state index >= 15 is 0 Å². The fraction of sp³-hybridized carbons (Fsp3) is 0.688. The van der Waals surface area contributed by atoms with E-state index in [9.17, 15) is 0 Å². The fourth-order valence-corrected chi connectivity index (χ4v) is 3.49. The van der Waals surface area contributed by atoms with Crippen molar-refractivity contribution in [3.63, 3.8) is 0 Å². The van der Waals surface area contributed by atoms with Gasteiger partial charge in [-0.05, 0) is 54.0 Å². The first-order valence-electron chi connectivity index (χ1n) is 7.65. The van der Waals surface area contributed by atoms with E-state index in [0.717, 1.165) is 42.5 Å². The molecular formula is C16H28BrN3. The molecule has 0 aliphatic carbocycles. The van der Waals surface area contributed by atoms with Gasteiger partial charge >= 0.3 is 0 Å². The Kier molecular flexibility index (Phi) is 7.13. The molecule has 2 N–H and O–H groups in total. The summed E-state index contributed by atoms with van der Waals surface area (Å²) in [5.74, 6) is 0. The van der Waals surface area contributed by atoms with Crippen LogP contribution < -0.4 is 5.73 Å². The van der Waals surface area contributed by atoms with Crippen LogP contribution in [0.15, 0.2) is 22.8 Å². The molecule has 1 unspecified atom stereocenters. The van der Waals surface area contributed by atoms with Crippen molar-refractivity contribution in [1.29, 1.82) is 0 Å². The Morgan fingerprint density at radius 2 is 1.80 bits per heavy atom. The van der Waals surface area contributed by atoms with Gasteiger partial charge in [-0.15, -0.1) is 0 Å². The maximum absolute atomic E-state index is 6.60. The molecule has 0 saturated heterocycles. The quantitative estimate of drug-likeness (QED) is 0.785. The van der Waals surface area contributed by atoms with Gasteiger partial charge in [0.25, 0.3) is 0 Å². The molecule has 114 valence electrons. The summed E-state index contributed by atoms with van der Waals surface area (Å²) in [6, 6.07) is 4.19. The van der Waals surface area contributed by atoms with Gasteiger partial charge in [-0.3, -0.25) is 9.88 Å². The average molecular weight is 342 g/mol. The topological polar surface area (TPSA) is 42.1 Å². The van der Waals surface area contributed by atoms with Gasteiger partial charge in [0.05, 0.1) is 0 Å². The van der Waals surface area contributed by atoms with Crippen molar-refractivity contribution in [2.45, 2.75) is 58.5 Å². The minimum absolute atomic E-state index is 0.0677. The first-order chi connectivity index (χ1) is 9.53. The molecular weight excluding hydrogens is 314 g/mol. The molecule has 0 fully saturated rings. The standard InChI is InChI=1S/C16H28BrN3/c1-5-16(6-2,20(7-3)8-4)15(18)11-14-10-9-13(17)12-19-14/h9-10,12,15H,5-8,11,18H2,1-4H3. The molecule has 1 atom stereocenters. The van der Waals surface area contributed by atoms with Crippen molar-refractivity contribution in [1.82, 2.24) is 9.88 Å². The van der Waals surface area contributed by atoms with Crippen LogP contribution in [0.3, 0.4) is 0 Å². The summed E-state index contributed by atoms with van der Waals surface area (Å²) in [6.07, 6.45) is 4.82. The highest BCUT2D eigenvalue weighted by molar-refractivity contribution is 9.10. The number of nitrogens with two attached hydrogens (primary N) is 1. The number of hydrogen-bond acceptors (Lipinski definition) is 3. The van der Waals surface area contributed by atoms with Gasteiger partial charge in [0.15, 0.2) is 0 Å². The van der Waals surface area contributed by atoms with Crippen LogP contribution in [-0.4, -0.2) is 34.6 Å². The van der Waals surface area contributed by atoms with Gasteiger partial charge in [-0.2, -0.15) is 0 Å². The molecule has 0 aliphatic heterocycles. The Morgan fingerprint density at radius 1 is 1.20 bits per heavy atom. The summed E-state index contributed by atoms with van der Waals surface area (Å²) in [7, 11) is 0. The number of halogens is 1. The lowest BCUT2D eigenvalue weighted by atomic mass is 9.80. The normalized spacial score (nSPS) is 13.8. The van der Waals surface area contributed by atoms with Crippen LogP contribution in [-0.2, 0) is 6.42 Å². The molecule has 20 heavy (non-hydrogen) atoms. The number of likely N-dealkylation sites (N-methyl/N-ethyl adjacent to an activating group) is 1. The molecule has 1 heterocycles. The third-order valence-corrected chi connectivity index (χ3v) is 4.99. The third kappa shape index (κ3) is 3.80. The summed E-state index contributed by atoms with van der Waals surface area (Å²) in [4.78, 5) is 6.98. The van der Waals surface area contributed by atoms with E-state index in [1.807, 2.05) is 12.3 Å². The van der Waals surface area contributed by atoms with Crippen LogP contribution >= 0.6 is 15.9 Å². The Balaban J connectivity index is 2.93. The van der Waals surface area contributed by atoms with Crippen molar-refractivity contribution < 1.29 is 0 Å². The Labute approximate surface area is 132 Å². The van der Waals surface area contributed by atoms with Crippen molar-refractivity contribution in [2.75, 3.05) is 13.1 Å². The third-order valence-electron chi connectivity index (χ3n) is 4.53. The van der Waals surface area contributed by atoms with E-state index in [4.69, 9.17) is 5.73 Å². The highest BCUT2D eigenvalue weighted by Gasteiger charge is 2.37. The zero-order valence-corrected chi connectivity index (χ0v) is 14.8. The molecule has 0 amide bonds. The number of rotatable bonds is 8. The molecule has 0 saturated carbocycles. The molecule has 0 aliphatic rings. The van der Waals surface area contributed by atoms with E-state index in [1.54, 1.807) is 0 Å². The molecule has 0 spiro atoms. The van der Waals surface area contributed by atoms with Crippen molar-refractivity contribution in [3.8, 4) is 0 Å². The number of aromatic nitrogens is 1.